The zero-order valence-corrected chi connectivity index (χ0v) is 15.9. The van der Waals surface area contributed by atoms with Crippen molar-refractivity contribution in [3.63, 3.8) is 0 Å². The van der Waals surface area contributed by atoms with Gasteiger partial charge in [-0.3, -0.25) is 10.1 Å². The van der Waals surface area contributed by atoms with Crippen molar-refractivity contribution in [3.8, 4) is 0 Å². The summed E-state index contributed by atoms with van der Waals surface area (Å²) in [5.41, 5.74) is 0.118. The number of rotatable bonds is 7. The lowest BCUT2D eigenvalue weighted by molar-refractivity contribution is -0.385. The van der Waals surface area contributed by atoms with Crippen LogP contribution in [0.2, 0.25) is 0 Å². The average Bonchev–Trinajstić information content (AvgIpc) is 2.54. The van der Waals surface area contributed by atoms with E-state index in [0.717, 1.165) is 4.31 Å². The number of hydrogen-bond acceptors (Lipinski definition) is 6. The highest BCUT2D eigenvalue weighted by Crippen LogP contribution is 2.27. The Bertz CT molecular complexity index is 888. The van der Waals surface area contributed by atoms with E-state index in [0.29, 0.717) is 4.60 Å². The number of nitro groups is 1. The summed E-state index contributed by atoms with van der Waals surface area (Å²) in [5, 5.41) is 10.9. The van der Waals surface area contributed by atoms with E-state index in [1.807, 2.05) is 0 Å². The van der Waals surface area contributed by atoms with Crippen LogP contribution in [0.5, 0.6) is 0 Å². The van der Waals surface area contributed by atoms with Gasteiger partial charge in [0.1, 0.15) is 10.4 Å². The van der Waals surface area contributed by atoms with Gasteiger partial charge in [-0.15, -0.1) is 0 Å². The molecule has 0 atom stereocenters. The quantitative estimate of drug-likeness (QED) is 0.380. The van der Waals surface area contributed by atoms with Gasteiger partial charge in [0.05, 0.1) is 23.0 Å². The van der Waals surface area contributed by atoms with Crippen molar-refractivity contribution in [2.45, 2.75) is 11.8 Å². The van der Waals surface area contributed by atoms with Crippen molar-refractivity contribution < 1.29 is 18.1 Å². The highest BCUT2D eigenvalue weighted by molar-refractivity contribution is 9.10. The molecule has 0 saturated carbocycles. The Hall–Kier alpha value is -2.04. The monoisotopic (exact) mass is 429 g/mol. The van der Waals surface area contributed by atoms with Crippen LogP contribution in [0, 0.1) is 17.0 Å². The van der Waals surface area contributed by atoms with Crippen LogP contribution in [-0.4, -0.2) is 38.6 Å². The molecule has 0 aliphatic carbocycles. The van der Waals surface area contributed by atoms with Crippen LogP contribution in [0.1, 0.15) is 5.56 Å². The fourth-order valence-corrected chi connectivity index (χ4v) is 4.16. The van der Waals surface area contributed by atoms with Crippen molar-refractivity contribution in [1.29, 1.82) is 0 Å². The van der Waals surface area contributed by atoms with Gasteiger partial charge in [-0.25, -0.2) is 17.7 Å². The fourth-order valence-electron chi connectivity index (χ4n) is 2.22. The summed E-state index contributed by atoms with van der Waals surface area (Å²) in [6.07, 6.45) is 0. The molecule has 0 saturated heterocycles. The Morgan fingerprint density at radius 2 is 2.04 bits per heavy atom. The Labute approximate surface area is 153 Å². The number of sulfonamides is 1. The van der Waals surface area contributed by atoms with E-state index < -0.39 is 14.9 Å². The molecule has 8 nitrogen and oxygen atoms in total. The Kier molecular flexibility index (Phi) is 6.09. The fraction of sp³-hybridized carbons (Fsp3) is 0.267. The number of pyridine rings is 1. The normalized spacial score (nSPS) is 11.3. The Morgan fingerprint density at radius 1 is 1.32 bits per heavy atom. The minimum atomic E-state index is -3.97. The maximum atomic E-state index is 13.1. The van der Waals surface area contributed by atoms with Crippen molar-refractivity contribution >= 4 is 37.5 Å². The van der Waals surface area contributed by atoms with Gasteiger partial charge >= 0.3 is 0 Å². The summed E-state index contributed by atoms with van der Waals surface area (Å²) in [4.78, 5) is 14.5. The third-order valence-electron chi connectivity index (χ3n) is 3.39. The number of aromatic nitrogens is 1. The predicted molar refractivity (Wildman–Crippen MR) is 96.2 cm³/mol. The minimum absolute atomic E-state index is 0.0176. The second-order valence-electron chi connectivity index (χ2n) is 5.10. The average molecular weight is 430 g/mol. The first-order valence-corrected chi connectivity index (χ1v) is 9.40. The summed E-state index contributed by atoms with van der Waals surface area (Å²) < 4.78 is 32.8. The number of anilines is 1. The molecular formula is C15H16BrN3O5S. The van der Waals surface area contributed by atoms with Crippen molar-refractivity contribution in [1.82, 2.24) is 4.98 Å². The zero-order chi connectivity index (χ0) is 18.6. The standard InChI is InChI=1S/C15H16BrN3O5S/c1-11-10-12(19(20)21)6-7-13(11)25(22,23)18(8-9-24-2)15-5-3-4-14(16)17-15/h3-7,10H,8-9H2,1-2H3. The molecule has 0 radical (unpaired) electrons. The smallest absolute Gasteiger partial charge is 0.269 e. The molecule has 0 fully saturated rings. The molecule has 0 N–H and O–H groups in total. The molecule has 0 bridgehead atoms. The molecule has 25 heavy (non-hydrogen) atoms. The summed E-state index contributed by atoms with van der Waals surface area (Å²) in [5.74, 6) is 0.226. The van der Waals surface area contributed by atoms with Gasteiger partial charge in [-0.2, -0.15) is 0 Å². The first-order valence-electron chi connectivity index (χ1n) is 7.16. The van der Waals surface area contributed by atoms with Crippen LogP contribution < -0.4 is 4.31 Å². The molecule has 0 amide bonds. The van der Waals surface area contributed by atoms with Crippen LogP contribution in [-0.2, 0) is 14.8 Å². The summed E-state index contributed by atoms with van der Waals surface area (Å²) in [7, 11) is -2.50. The molecule has 0 aliphatic rings. The molecule has 1 aromatic carbocycles. The van der Waals surface area contributed by atoms with Crippen molar-refractivity contribution in [2.75, 3.05) is 24.6 Å². The molecule has 2 rings (SSSR count). The van der Waals surface area contributed by atoms with Crippen molar-refractivity contribution in [3.05, 3.63) is 56.7 Å². The molecule has 1 heterocycles. The number of ether oxygens (including phenoxy) is 1. The van der Waals surface area contributed by atoms with Gasteiger partial charge in [0.25, 0.3) is 15.7 Å². The van der Waals surface area contributed by atoms with E-state index in [1.54, 1.807) is 18.2 Å². The van der Waals surface area contributed by atoms with Crippen LogP contribution in [0.3, 0.4) is 0 Å². The lowest BCUT2D eigenvalue weighted by Gasteiger charge is -2.24. The van der Waals surface area contributed by atoms with E-state index in [1.165, 1.54) is 32.2 Å². The highest BCUT2D eigenvalue weighted by atomic mass is 79.9. The lowest BCUT2D eigenvalue weighted by atomic mass is 10.2. The van der Waals surface area contributed by atoms with Gasteiger partial charge in [0.15, 0.2) is 0 Å². The minimum Gasteiger partial charge on any atom is -0.383 e. The SMILES string of the molecule is COCCN(c1cccc(Br)n1)S(=O)(=O)c1ccc([N+](=O)[O-])cc1C. The maximum Gasteiger partial charge on any atom is 0.269 e. The molecule has 0 unspecified atom stereocenters. The number of nitro benzene ring substituents is 1. The second kappa shape index (κ2) is 7.89. The van der Waals surface area contributed by atoms with Gasteiger partial charge in [-0.1, -0.05) is 6.07 Å². The van der Waals surface area contributed by atoms with E-state index in [4.69, 9.17) is 4.74 Å². The molecule has 2 aromatic rings. The third kappa shape index (κ3) is 4.33. The van der Waals surface area contributed by atoms with Gasteiger partial charge in [0.2, 0.25) is 0 Å². The van der Waals surface area contributed by atoms with Gasteiger partial charge < -0.3 is 4.74 Å². The summed E-state index contributed by atoms with van der Waals surface area (Å²) >= 11 is 3.22. The maximum absolute atomic E-state index is 13.1. The van der Waals surface area contributed by atoms with E-state index >= 15 is 0 Å². The molecule has 134 valence electrons. The lowest BCUT2D eigenvalue weighted by Crippen LogP contribution is -2.35. The second-order valence-corrected chi connectivity index (χ2v) is 7.74. The first kappa shape index (κ1) is 19.3. The topological polar surface area (TPSA) is 103 Å². The molecule has 1 aromatic heterocycles. The Balaban J connectivity index is 2.53. The number of hydrogen-bond donors (Lipinski definition) is 0. The van der Waals surface area contributed by atoms with E-state index in [2.05, 4.69) is 20.9 Å². The third-order valence-corrected chi connectivity index (χ3v) is 5.80. The largest absolute Gasteiger partial charge is 0.383 e. The first-order chi connectivity index (χ1) is 11.8. The number of nitrogens with zero attached hydrogens (tertiary/aromatic N) is 3. The van der Waals surface area contributed by atoms with E-state index in [9.17, 15) is 18.5 Å². The number of halogens is 1. The van der Waals surface area contributed by atoms with Crippen LogP contribution in [0.15, 0.2) is 45.9 Å². The molecule has 0 spiro atoms. The highest BCUT2D eigenvalue weighted by Gasteiger charge is 2.28. The van der Waals surface area contributed by atoms with Crippen LogP contribution >= 0.6 is 15.9 Å². The van der Waals surface area contributed by atoms with Crippen molar-refractivity contribution in [2.24, 2.45) is 0 Å². The van der Waals surface area contributed by atoms with Crippen LogP contribution in [0.4, 0.5) is 11.5 Å². The Morgan fingerprint density at radius 3 is 2.60 bits per heavy atom. The van der Waals surface area contributed by atoms with Gasteiger partial charge in [0, 0.05) is 19.2 Å². The number of benzene rings is 1. The number of aryl methyl sites for hydroxylation is 1. The van der Waals surface area contributed by atoms with E-state index in [-0.39, 0.29) is 35.1 Å². The summed E-state index contributed by atoms with van der Waals surface area (Å²) in [6.45, 7) is 1.74. The number of methoxy groups -OCH3 is 1. The molecule has 10 heteroatoms. The molecular weight excluding hydrogens is 414 g/mol. The number of non-ortho nitro benzene ring substituents is 1. The predicted octanol–water partition coefficient (Wildman–Crippen LogP) is 2.90. The zero-order valence-electron chi connectivity index (χ0n) is 13.5. The van der Waals surface area contributed by atoms with Gasteiger partial charge in [-0.05, 0) is 46.6 Å². The van der Waals surface area contributed by atoms with Crippen LogP contribution in [0.25, 0.3) is 0 Å². The molecule has 0 aliphatic heterocycles. The summed E-state index contributed by atoms with van der Waals surface area (Å²) in [6, 6.07) is 8.56.